The van der Waals surface area contributed by atoms with Gasteiger partial charge in [-0.15, -0.1) is 0 Å². The Kier molecular flexibility index (Phi) is 4.13. The molecule has 1 aliphatic rings. The molecule has 1 unspecified atom stereocenters. The van der Waals surface area contributed by atoms with Crippen molar-refractivity contribution in [2.45, 2.75) is 19.8 Å². The Morgan fingerprint density at radius 1 is 1.58 bits per heavy atom. The molecule has 0 radical (unpaired) electrons. The van der Waals surface area contributed by atoms with Gasteiger partial charge < -0.3 is 10.6 Å². The normalized spacial score (nSPS) is 18.7. The van der Waals surface area contributed by atoms with Crippen LogP contribution in [-0.2, 0) is 4.79 Å². The average molecular weight is 261 g/mol. The monoisotopic (exact) mass is 261 g/mol. The smallest absolute Gasteiger partial charge is 0.228 e. The molecule has 1 fully saturated rings. The van der Waals surface area contributed by atoms with Crippen LogP contribution in [0.4, 0.5) is 10.1 Å². The van der Waals surface area contributed by atoms with Gasteiger partial charge in [0, 0.05) is 17.8 Å². The number of nitrogens with zero attached hydrogens (tertiary/aromatic N) is 1. The molecule has 19 heavy (non-hydrogen) atoms. The van der Waals surface area contributed by atoms with E-state index in [4.69, 9.17) is 5.26 Å². The van der Waals surface area contributed by atoms with Crippen molar-refractivity contribution in [3.05, 3.63) is 29.1 Å². The number of nitrogens with one attached hydrogen (secondary N) is 2. The van der Waals surface area contributed by atoms with Crippen molar-refractivity contribution < 1.29 is 9.18 Å². The Morgan fingerprint density at radius 3 is 3.00 bits per heavy atom. The highest BCUT2D eigenvalue weighted by Gasteiger charge is 2.21. The molecule has 2 N–H and O–H groups in total. The largest absolute Gasteiger partial charge is 0.325 e. The van der Waals surface area contributed by atoms with Crippen molar-refractivity contribution >= 4 is 11.6 Å². The van der Waals surface area contributed by atoms with Crippen LogP contribution in [0.15, 0.2) is 12.1 Å². The molecule has 4 nitrogen and oxygen atoms in total. The van der Waals surface area contributed by atoms with Crippen molar-refractivity contribution in [1.29, 1.82) is 5.26 Å². The van der Waals surface area contributed by atoms with Gasteiger partial charge in [-0.2, -0.15) is 5.26 Å². The van der Waals surface area contributed by atoms with E-state index in [0.29, 0.717) is 17.8 Å². The van der Waals surface area contributed by atoms with Gasteiger partial charge in [-0.25, -0.2) is 4.39 Å². The van der Waals surface area contributed by atoms with E-state index in [1.165, 1.54) is 12.1 Å². The standard InChI is InChI=1S/C14H16FN3O/c1-9-12(15)5-10(7-16)6-13(9)18-14(19)11-3-2-4-17-8-11/h5-6,11,17H,2-4,8H2,1H3,(H,18,19). The first-order valence-corrected chi connectivity index (χ1v) is 6.33. The molecule has 0 saturated carbocycles. The maximum absolute atomic E-state index is 13.6. The topological polar surface area (TPSA) is 64.9 Å². The molecule has 100 valence electrons. The fourth-order valence-electron chi connectivity index (χ4n) is 2.18. The molecule has 0 aliphatic carbocycles. The molecule has 1 saturated heterocycles. The van der Waals surface area contributed by atoms with Gasteiger partial charge in [0.2, 0.25) is 5.91 Å². The van der Waals surface area contributed by atoms with E-state index in [1.807, 2.05) is 6.07 Å². The van der Waals surface area contributed by atoms with Gasteiger partial charge in [0.25, 0.3) is 0 Å². The number of hydrogen-bond donors (Lipinski definition) is 2. The van der Waals surface area contributed by atoms with Gasteiger partial charge >= 0.3 is 0 Å². The quantitative estimate of drug-likeness (QED) is 0.855. The number of anilines is 1. The predicted octanol–water partition coefficient (Wildman–Crippen LogP) is 1.94. The third kappa shape index (κ3) is 3.09. The first-order chi connectivity index (χ1) is 9.11. The highest BCUT2D eigenvalue weighted by molar-refractivity contribution is 5.93. The second kappa shape index (κ2) is 5.81. The molecule has 1 heterocycles. The summed E-state index contributed by atoms with van der Waals surface area (Å²) < 4.78 is 13.6. The molecule has 1 aromatic carbocycles. The zero-order valence-corrected chi connectivity index (χ0v) is 10.8. The van der Waals surface area contributed by atoms with Crippen molar-refractivity contribution in [3.8, 4) is 6.07 Å². The van der Waals surface area contributed by atoms with Crippen LogP contribution in [0.2, 0.25) is 0 Å². The van der Waals surface area contributed by atoms with Gasteiger partial charge in [-0.1, -0.05) is 0 Å². The predicted molar refractivity (Wildman–Crippen MR) is 70.1 cm³/mol. The van der Waals surface area contributed by atoms with Crippen molar-refractivity contribution in [2.75, 3.05) is 18.4 Å². The van der Waals surface area contributed by atoms with E-state index < -0.39 is 5.82 Å². The zero-order valence-electron chi connectivity index (χ0n) is 10.8. The molecular formula is C14H16FN3O. The third-order valence-corrected chi connectivity index (χ3v) is 3.40. The first-order valence-electron chi connectivity index (χ1n) is 6.33. The minimum Gasteiger partial charge on any atom is -0.325 e. The Bertz CT molecular complexity index is 530. The molecule has 1 atom stereocenters. The van der Waals surface area contributed by atoms with Crippen LogP contribution in [-0.4, -0.2) is 19.0 Å². The molecule has 0 aromatic heterocycles. The van der Waals surface area contributed by atoms with Crippen LogP contribution in [0.3, 0.4) is 0 Å². The Morgan fingerprint density at radius 2 is 2.37 bits per heavy atom. The second-order valence-electron chi connectivity index (χ2n) is 4.77. The average Bonchev–Trinajstić information content (AvgIpc) is 2.44. The highest BCUT2D eigenvalue weighted by atomic mass is 19.1. The lowest BCUT2D eigenvalue weighted by atomic mass is 9.98. The number of carbonyl (C=O) groups excluding carboxylic acids is 1. The summed E-state index contributed by atoms with van der Waals surface area (Å²) in [5.74, 6) is -0.692. The molecular weight excluding hydrogens is 245 g/mol. The molecule has 0 bridgehead atoms. The van der Waals surface area contributed by atoms with Crippen LogP contribution in [0, 0.1) is 30.0 Å². The van der Waals surface area contributed by atoms with Gasteiger partial charge in [-0.05, 0) is 38.4 Å². The van der Waals surface area contributed by atoms with Crippen LogP contribution >= 0.6 is 0 Å². The van der Waals surface area contributed by atoms with E-state index in [-0.39, 0.29) is 17.4 Å². The summed E-state index contributed by atoms with van der Waals surface area (Å²) in [5, 5.41) is 14.7. The van der Waals surface area contributed by atoms with E-state index in [2.05, 4.69) is 10.6 Å². The van der Waals surface area contributed by atoms with Gasteiger partial charge in [0.1, 0.15) is 5.82 Å². The minimum atomic E-state index is -0.476. The number of nitriles is 1. The lowest BCUT2D eigenvalue weighted by molar-refractivity contribution is -0.120. The molecule has 1 aliphatic heterocycles. The molecule has 1 aromatic rings. The summed E-state index contributed by atoms with van der Waals surface area (Å²) in [6, 6.07) is 4.56. The van der Waals surface area contributed by atoms with Crippen LogP contribution in [0.1, 0.15) is 24.0 Å². The summed E-state index contributed by atoms with van der Waals surface area (Å²) in [6.07, 6.45) is 1.79. The van der Waals surface area contributed by atoms with Crippen molar-refractivity contribution in [3.63, 3.8) is 0 Å². The van der Waals surface area contributed by atoms with E-state index in [0.717, 1.165) is 19.4 Å². The maximum Gasteiger partial charge on any atom is 0.228 e. The van der Waals surface area contributed by atoms with Crippen LogP contribution in [0.25, 0.3) is 0 Å². The third-order valence-electron chi connectivity index (χ3n) is 3.40. The maximum atomic E-state index is 13.6. The Hall–Kier alpha value is -1.93. The van der Waals surface area contributed by atoms with E-state index in [1.54, 1.807) is 6.92 Å². The van der Waals surface area contributed by atoms with Gasteiger partial charge in [0.05, 0.1) is 17.6 Å². The Labute approximate surface area is 111 Å². The molecule has 0 spiro atoms. The number of halogens is 1. The minimum absolute atomic E-state index is 0.0954. The van der Waals surface area contributed by atoms with E-state index >= 15 is 0 Å². The van der Waals surface area contributed by atoms with E-state index in [9.17, 15) is 9.18 Å². The van der Waals surface area contributed by atoms with Gasteiger partial charge in [0.15, 0.2) is 0 Å². The summed E-state index contributed by atoms with van der Waals surface area (Å²) in [6.45, 7) is 3.16. The number of carbonyl (C=O) groups is 1. The van der Waals surface area contributed by atoms with Gasteiger partial charge in [-0.3, -0.25) is 4.79 Å². The number of rotatable bonds is 2. The fraction of sp³-hybridized carbons (Fsp3) is 0.429. The number of benzene rings is 1. The van der Waals surface area contributed by atoms with Crippen molar-refractivity contribution in [2.24, 2.45) is 5.92 Å². The summed E-state index contributed by atoms with van der Waals surface area (Å²) in [5.41, 5.74) is 0.948. The molecule has 2 rings (SSSR count). The highest BCUT2D eigenvalue weighted by Crippen LogP contribution is 2.22. The van der Waals surface area contributed by atoms with Crippen LogP contribution in [0.5, 0.6) is 0 Å². The summed E-state index contributed by atoms with van der Waals surface area (Å²) >= 11 is 0. The Balaban J connectivity index is 2.16. The SMILES string of the molecule is Cc1c(F)cc(C#N)cc1NC(=O)C1CCCNC1. The van der Waals surface area contributed by atoms with Crippen molar-refractivity contribution in [1.82, 2.24) is 5.32 Å². The summed E-state index contributed by atoms with van der Waals surface area (Å²) in [4.78, 5) is 12.1. The second-order valence-corrected chi connectivity index (χ2v) is 4.77. The first kappa shape index (κ1) is 13.5. The zero-order chi connectivity index (χ0) is 13.8. The summed E-state index contributed by atoms with van der Waals surface area (Å²) in [7, 11) is 0. The van der Waals surface area contributed by atoms with Crippen LogP contribution < -0.4 is 10.6 Å². The lowest BCUT2D eigenvalue weighted by Crippen LogP contribution is -2.37. The molecule has 5 heteroatoms. The molecule has 1 amide bonds. The number of amides is 1. The number of piperidine rings is 1. The fourth-order valence-corrected chi connectivity index (χ4v) is 2.18. The number of hydrogen-bond acceptors (Lipinski definition) is 3. The lowest BCUT2D eigenvalue weighted by Gasteiger charge is -2.22.